The van der Waals surface area contributed by atoms with Gasteiger partial charge >= 0.3 is 6.09 Å². The molecule has 1 amide bonds. The molecule has 1 aromatic carbocycles. The summed E-state index contributed by atoms with van der Waals surface area (Å²) in [4.78, 5) is 12.0. The average Bonchev–Trinajstić information content (AvgIpc) is 2.40. The first-order valence-electron chi connectivity index (χ1n) is 8.52. The van der Waals surface area contributed by atoms with Crippen LogP contribution in [0.5, 0.6) is 5.75 Å². The molecule has 1 aromatic rings. The van der Waals surface area contributed by atoms with Crippen LogP contribution < -0.4 is 10.6 Å². The Morgan fingerprint density at radius 3 is 2.38 bits per heavy atom. The molecule has 0 fully saturated rings. The quantitative estimate of drug-likeness (QED) is 0.737. The molecule has 0 spiro atoms. The highest BCUT2D eigenvalue weighted by molar-refractivity contribution is 5.68. The van der Waals surface area contributed by atoms with Crippen molar-refractivity contribution in [3.05, 3.63) is 29.3 Å². The molecule has 3 N–H and O–H groups in total. The van der Waals surface area contributed by atoms with Gasteiger partial charge in [-0.1, -0.05) is 26.0 Å². The normalized spacial score (nSPS) is 14.3. The van der Waals surface area contributed by atoms with Crippen molar-refractivity contribution in [2.45, 2.75) is 66.2 Å². The SMILES string of the molecule is Cc1ccc(C(C)NCC(NC(=O)OC(C)(C)C)C(C)C)c(O)c1. The van der Waals surface area contributed by atoms with Crippen molar-refractivity contribution in [1.29, 1.82) is 0 Å². The summed E-state index contributed by atoms with van der Waals surface area (Å²) in [6, 6.07) is 5.58. The maximum absolute atomic E-state index is 12.0. The molecule has 5 nitrogen and oxygen atoms in total. The lowest BCUT2D eigenvalue weighted by atomic mass is 10.0. The predicted molar refractivity (Wildman–Crippen MR) is 97.3 cm³/mol. The van der Waals surface area contributed by atoms with Gasteiger partial charge in [-0.05, 0) is 52.2 Å². The molecular formula is C19H32N2O3. The van der Waals surface area contributed by atoms with Crippen LogP contribution in [0.1, 0.15) is 58.7 Å². The lowest BCUT2D eigenvalue weighted by Gasteiger charge is -2.27. The number of carbonyl (C=O) groups is 1. The minimum Gasteiger partial charge on any atom is -0.508 e. The zero-order valence-electron chi connectivity index (χ0n) is 15.9. The van der Waals surface area contributed by atoms with E-state index in [2.05, 4.69) is 24.5 Å². The Kier molecular flexibility index (Phi) is 7.08. The molecule has 0 saturated carbocycles. The molecule has 1 rings (SSSR count). The standard InChI is InChI=1S/C19H32N2O3/c1-12(2)16(21-18(23)24-19(5,6)7)11-20-14(4)15-9-8-13(3)10-17(15)22/h8-10,12,14,16,20,22H,11H2,1-7H3,(H,21,23). The number of amides is 1. The van der Waals surface area contributed by atoms with Crippen molar-refractivity contribution in [3.8, 4) is 5.75 Å². The maximum atomic E-state index is 12.0. The first-order valence-corrected chi connectivity index (χ1v) is 8.52. The second-order valence-corrected chi connectivity index (χ2v) is 7.69. The minimum absolute atomic E-state index is 0.0210. The number of aromatic hydroxyl groups is 1. The third-order valence-corrected chi connectivity index (χ3v) is 3.80. The molecule has 2 unspecified atom stereocenters. The van der Waals surface area contributed by atoms with Crippen LogP contribution in [-0.2, 0) is 4.74 Å². The molecule has 0 aliphatic carbocycles. The van der Waals surface area contributed by atoms with Gasteiger partial charge in [-0.3, -0.25) is 0 Å². The van der Waals surface area contributed by atoms with E-state index in [4.69, 9.17) is 4.74 Å². The summed E-state index contributed by atoms with van der Waals surface area (Å²) in [6.45, 7) is 14.2. The number of carbonyl (C=O) groups excluding carboxylic acids is 1. The van der Waals surface area contributed by atoms with Crippen LogP contribution >= 0.6 is 0 Å². The highest BCUT2D eigenvalue weighted by Gasteiger charge is 2.22. The van der Waals surface area contributed by atoms with Gasteiger partial charge in [-0.25, -0.2) is 4.79 Å². The predicted octanol–water partition coefficient (Wildman–Crippen LogP) is 3.90. The van der Waals surface area contributed by atoms with Gasteiger partial charge in [0.15, 0.2) is 0 Å². The Morgan fingerprint density at radius 1 is 1.25 bits per heavy atom. The summed E-state index contributed by atoms with van der Waals surface area (Å²) in [7, 11) is 0. The topological polar surface area (TPSA) is 70.6 Å². The van der Waals surface area contributed by atoms with Gasteiger partial charge < -0.3 is 20.5 Å². The van der Waals surface area contributed by atoms with Crippen LogP contribution in [-0.4, -0.2) is 29.4 Å². The van der Waals surface area contributed by atoms with Crippen LogP contribution in [0, 0.1) is 12.8 Å². The number of hydrogen-bond donors (Lipinski definition) is 3. The Morgan fingerprint density at radius 2 is 1.88 bits per heavy atom. The van der Waals surface area contributed by atoms with E-state index in [1.807, 2.05) is 46.8 Å². The smallest absolute Gasteiger partial charge is 0.407 e. The number of phenolic OH excluding ortho intramolecular Hbond substituents is 1. The number of aryl methyl sites for hydroxylation is 1. The molecule has 0 radical (unpaired) electrons. The molecule has 2 atom stereocenters. The number of benzene rings is 1. The van der Waals surface area contributed by atoms with Crippen LogP contribution in [0.25, 0.3) is 0 Å². The zero-order chi connectivity index (χ0) is 18.5. The number of nitrogens with one attached hydrogen (secondary N) is 2. The summed E-state index contributed by atoms with van der Waals surface area (Å²) in [6.07, 6.45) is -0.408. The van der Waals surface area contributed by atoms with E-state index in [1.165, 1.54) is 0 Å². The lowest BCUT2D eigenvalue weighted by Crippen LogP contribution is -2.47. The molecule has 0 aromatic heterocycles. The highest BCUT2D eigenvalue weighted by atomic mass is 16.6. The number of hydrogen-bond acceptors (Lipinski definition) is 4. The Balaban J connectivity index is 2.64. The number of phenols is 1. The van der Waals surface area contributed by atoms with Crippen LogP contribution in [0.15, 0.2) is 18.2 Å². The Labute approximate surface area is 145 Å². The number of rotatable bonds is 6. The van der Waals surface area contributed by atoms with E-state index < -0.39 is 11.7 Å². The first-order chi connectivity index (χ1) is 11.0. The van der Waals surface area contributed by atoms with Crippen molar-refractivity contribution < 1.29 is 14.6 Å². The molecule has 0 saturated heterocycles. The Bertz CT molecular complexity index is 550. The fraction of sp³-hybridized carbons (Fsp3) is 0.632. The first kappa shape index (κ1) is 20.3. The van der Waals surface area contributed by atoms with Gasteiger partial charge in [0.05, 0.1) is 0 Å². The minimum atomic E-state index is -0.514. The zero-order valence-corrected chi connectivity index (χ0v) is 15.9. The fourth-order valence-electron chi connectivity index (χ4n) is 2.35. The van der Waals surface area contributed by atoms with E-state index in [9.17, 15) is 9.90 Å². The van der Waals surface area contributed by atoms with E-state index in [-0.39, 0.29) is 23.8 Å². The lowest BCUT2D eigenvalue weighted by molar-refractivity contribution is 0.0489. The van der Waals surface area contributed by atoms with Crippen LogP contribution in [0.3, 0.4) is 0 Å². The van der Waals surface area contributed by atoms with Gasteiger partial charge in [-0.15, -0.1) is 0 Å². The molecule has 0 aliphatic rings. The van der Waals surface area contributed by atoms with Crippen LogP contribution in [0.4, 0.5) is 4.79 Å². The fourth-order valence-corrected chi connectivity index (χ4v) is 2.35. The van der Waals surface area contributed by atoms with Crippen LogP contribution in [0.2, 0.25) is 0 Å². The molecule has 0 heterocycles. The summed E-state index contributed by atoms with van der Waals surface area (Å²) >= 11 is 0. The van der Waals surface area contributed by atoms with Crippen molar-refractivity contribution in [3.63, 3.8) is 0 Å². The van der Waals surface area contributed by atoms with E-state index in [0.717, 1.165) is 11.1 Å². The largest absolute Gasteiger partial charge is 0.508 e. The van der Waals surface area contributed by atoms with Crippen molar-refractivity contribution in [1.82, 2.24) is 10.6 Å². The molecule has 0 bridgehead atoms. The third-order valence-electron chi connectivity index (χ3n) is 3.80. The van der Waals surface area contributed by atoms with Gasteiger partial charge in [-0.2, -0.15) is 0 Å². The van der Waals surface area contributed by atoms with Gasteiger partial charge in [0.1, 0.15) is 11.4 Å². The second kappa shape index (κ2) is 8.38. The summed E-state index contributed by atoms with van der Waals surface area (Å²) in [5, 5.41) is 16.4. The highest BCUT2D eigenvalue weighted by Crippen LogP contribution is 2.25. The summed E-state index contributed by atoms with van der Waals surface area (Å²) < 4.78 is 5.32. The molecule has 0 aliphatic heterocycles. The number of alkyl carbamates (subject to hydrolysis) is 1. The maximum Gasteiger partial charge on any atom is 0.407 e. The van der Waals surface area contributed by atoms with E-state index >= 15 is 0 Å². The van der Waals surface area contributed by atoms with E-state index in [1.54, 1.807) is 6.07 Å². The van der Waals surface area contributed by atoms with Gasteiger partial charge in [0.2, 0.25) is 0 Å². The Hall–Kier alpha value is -1.75. The average molecular weight is 336 g/mol. The molecular weight excluding hydrogens is 304 g/mol. The van der Waals surface area contributed by atoms with Gasteiger partial charge in [0, 0.05) is 24.2 Å². The molecule has 136 valence electrons. The van der Waals surface area contributed by atoms with E-state index in [0.29, 0.717) is 6.54 Å². The molecule has 24 heavy (non-hydrogen) atoms. The van der Waals surface area contributed by atoms with Gasteiger partial charge in [0.25, 0.3) is 0 Å². The molecule has 5 heteroatoms. The third kappa shape index (κ3) is 6.79. The summed E-state index contributed by atoms with van der Waals surface area (Å²) in [5.74, 6) is 0.542. The van der Waals surface area contributed by atoms with Crippen molar-refractivity contribution in [2.24, 2.45) is 5.92 Å². The van der Waals surface area contributed by atoms with Crippen molar-refractivity contribution in [2.75, 3.05) is 6.54 Å². The number of ether oxygens (including phenoxy) is 1. The summed E-state index contributed by atoms with van der Waals surface area (Å²) in [5.41, 5.74) is 1.36. The monoisotopic (exact) mass is 336 g/mol. The van der Waals surface area contributed by atoms with Crippen molar-refractivity contribution >= 4 is 6.09 Å². The second-order valence-electron chi connectivity index (χ2n) is 7.69.